The standard InChI is InChI=1S/C15H23N5O2/c16-14(21)13-8-5-9-19(13)15(22)12-10-20(18-17-12)11-6-3-1-2-4-7-11/h10-11,13H,1-9H2,(H2,16,21)/t13-/m0/s1. The summed E-state index contributed by atoms with van der Waals surface area (Å²) in [6, 6.07) is -0.169. The molecule has 0 bridgehead atoms. The lowest BCUT2D eigenvalue weighted by Crippen LogP contribution is -2.43. The molecule has 7 nitrogen and oxygen atoms in total. The Labute approximate surface area is 129 Å². The predicted molar refractivity (Wildman–Crippen MR) is 80.0 cm³/mol. The van der Waals surface area contributed by atoms with Crippen LogP contribution in [0.25, 0.3) is 0 Å². The summed E-state index contributed by atoms with van der Waals surface area (Å²) in [5.74, 6) is -0.678. The van der Waals surface area contributed by atoms with Crippen molar-refractivity contribution >= 4 is 11.8 Å². The molecule has 1 aliphatic heterocycles. The summed E-state index contributed by atoms with van der Waals surface area (Å²) in [5, 5.41) is 8.18. The van der Waals surface area contributed by atoms with E-state index in [1.54, 1.807) is 6.20 Å². The summed E-state index contributed by atoms with van der Waals surface area (Å²) in [7, 11) is 0. The van der Waals surface area contributed by atoms with Crippen LogP contribution < -0.4 is 5.73 Å². The van der Waals surface area contributed by atoms with Crippen molar-refractivity contribution < 1.29 is 9.59 Å². The van der Waals surface area contributed by atoms with Gasteiger partial charge in [0.2, 0.25) is 5.91 Å². The molecule has 2 aliphatic rings. The van der Waals surface area contributed by atoms with Crippen LogP contribution in [0.1, 0.15) is 67.9 Å². The smallest absolute Gasteiger partial charge is 0.276 e. The molecular formula is C15H23N5O2. The van der Waals surface area contributed by atoms with Gasteiger partial charge >= 0.3 is 0 Å². The second-order valence-electron chi connectivity index (χ2n) is 6.29. The molecule has 0 aromatic carbocycles. The number of likely N-dealkylation sites (tertiary alicyclic amines) is 1. The second-order valence-corrected chi connectivity index (χ2v) is 6.29. The van der Waals surface area contributed by atoms with E-state index >= 15 is 0 Å². The summed E-state index contributed by atoms with van der Waals surface area (Å²) in [4.78, 5) is 25.5. The zero-order chi connectivity index (χ0) is 15.5. The number of carbonyl (C=O) groups excluding carboxylic acids is 2. The summed E-state index contributed by atoms with van der Waals surface area (Å²) >= 11 is 0. The molecule has 1 saturated heterocycles. The van der Waals surface area contributed by atoms with Crippen LogP contribution in [0.5, 0.6) is 0 Å². The molecule has 0 spiro atoms. The van der Waals surface area contributed by atoms with E-state index < -0.39 is 11.9 Å². The number of hydrogen-bond donors (Lipinski definition) is 1. The fraction of sp³-hybridized carbons (Fsp3) is 0.733. The van der Waals surface area contributed by atoms with Crippen LogP contribution in [0.15, 0.2) is 6.20 Å². The van der Waals surface area contributed by atoms with E-state index in [0.717, 1.165) is 19.3 Å². The highest BCUT2D eigenvalue weighted by Gasteiger charge is 2.34. The lowest BCUT2D eigenvalue weighted by molar-refractivity contribution is -0.121. The molecule has 3 rings (SSSR count). The van der Waals surface area contributed by atoms with Gasteiger partial charge in [-0.05, 0) is 25.7 Å². The van der Waals surface area contributed by atoms with Crippen molar-refractivity contribution in [2.24, 2.45) is 5.73 Å². The second kappa shape index (κ2) is 6.46. The van der Waals surface area contributed by atoms with Gasteiger partial charge in [0.1, 0.15) is 6.04 Å². The van der Waals surface area contributed by atoms with E-state index in [9.17, 15) is 9.59 Å². The highest BCUT2D eigenvalue weighted by Crippen LogP contribution is 2.26. The van der Waals surface area contributed by atoms with Crippen molar-refractivity contribution in [2.75, 3.05) is 6.54 Å². The molecule has 2 heterocycles. The molecule has 120 valence electrons. The Morgan fingerprint density at radius 3 is 2.50 bits per heavy atom. The van der Waals surface area contributed by atoms with Gasteiger partial charge in [0.25, 0.3) is 5.91 Å². The Bertz CT molecular complexity index is 548. The molecule has 1 aliphatic carbocycles. The molecular weight excluding hydrogens is 282 g/mol. The lowest BCUT2D eigenvalue weighted by atomic mass is 10.1. The quantitative estimate of drug-likeness (QED) is 0.851. The minimum atomic E-state index is -0.504. The maximum atomic E-state index is 12.5. The molecule has 1 aromatic rings. The highest BCUT2D eigenvalue weighted by atomic mass is 16.2. The van der Waals surface area contributed by atoms with Crippen LogP contribution in [0.3, 0.4) is 0 Å². The van der Waals surface area contributed by atoms with E-state index in [1.165, 1.54) is 30.6 Å². The monoisotopic (exact) mass is 305 g/mol. The first-order valence-corrected chi connectivity index (χ1v) is 8.19. The SMILES string of the molecule is NC(=O)[C@@H]1CCCN1C(=O)c1cn(C2CCCCCC2)nn1. The number of amides is 2. The normalized spacial score (nSPS) is 23.5. The number of primary amides is 1. The first-order valence-electron chi connectivity index (χ1n) is 8.19. The third-order valence-electron chi connectivity index (χ3n) is 4.77. The van der Waals surface area contributed by atoms with Crippen molar-refractivity contribution in [3.8, 4) is 0 Å². The Morgan fingerprint density at radius 1 is 1.09 bits per heavy atom. The van der Waals surface area contributed by atoms with Crippen LogP contribution in [0.4, 0.5) is 0 Å². The molecule has 2 N–H and O–H groups in total. The summed E-state index contributed by atoms with van der Waals surface area (Å²) in [5.41, 5.74) is 5.69. The Morgan fingerprint density at radius 2 is 1.82 bits per heavy atom. The minimum Gasteiger partial charge on any atom is -0.368 e. The third kappa shape index (κ3) is 2.98. The molecule has 1 saturated carbocycles. The van der Waals surface area contributed by atoms with Gasteiger partial charge in [-0.2, -0.15) is 0 Å². The van der Waals surface area contributed by atoms with E-state index in [2.05, 4.69) is 10.3 Å². The van der Waals surface area contributed by atoms with Crippen molar-refractivity contribution in [3.63, 3.8) is 0 Å². The number of hydrogen-bond acceptors (Lipinski definition) is 4. The first kappa shape index (κ1) is 15.0. The summed E-state index contributed by atoms with van der Waals surface area (Å²) in [6.45, 7) is 0.558. The van der Waals surface area contributed by atoms with Crippen molar-refractivity contribution in [3.05, 3.63) is 11.9 Å². The molecule has 2 fully saturated rings. The van der Waals surface area contributed by atoms with Crippen molar-refractivity contribution in [2.45, 2.75) is 63.5 Å². The number of rotatable bonds is 3. The Balaban J connectivity index is 1.72. The highest BCUT2D eigenvalue weighted by molar-refractivity contribution is 5.95. The van der Waals surface area contributed by atoms with Gasteiger partial charge in [-0.3, -0.25) is 9.59 Å². The molecule has 1 atom stereocenters. The fourth-order valence-corrected chi connectivity index (χ4v) is 3.53. The molecule has 2 amide bonds. The zero-order valence-corrected chi connectivity index (χ0v) is 12.8. The first-order chi connectivity index (χ1) is 10.7. The average Bonchev–Trinajstić information content (AvgIpc) is 3.11. The van der Waals surface area contributed by atoms with Gasteiger partial charge in [-0.25, -0.2) is 4.68 Å². The molecule has 0 unspecified atom stereocenters. The van der Waals surface area contributed by atoms with Crippen LogP contribution in [0.2, 0.25) is 0 Å². The summed E-state index contributed by atoms with van der Waals surface area (Å²) in [6.07, 6.45) is 10.3. The van der Waals surface area contributed by atoms with Gasteiger partial charge in [0.05, 0.1) is 12.2 Å². The summed E-state index contributed by atoms with van der Waals surface area (Å²) < 4.78 is 1.83. The van der Waals surface area contributed by atoms with E-state index in [0.29, 0.717) is 24.7 Å². The van der Waals surface area contributed by atoms with Crippen LogP contribution in [-0.4, -0.2) is 44.3 Å². The predicted octanol–water partition coefficient (Wildman–Crippen LogP) is 1.26. The van der Waals surface area contributed by atoms with Gasteiger partial charge in [0.15, 0.2) is 5.69 Å². The largest absolute Gasteiger partial charge is 0.368 e. The number of carbonyl (C=O) groups is 2. The number of nitrogens with two attached hydrogens (primary N) is 1. The van der Waals surface area contributed by atoms with Crippen LogP contribution in [-0.2, 0) is 4.79 Å². The molecule has 0 radical (unpaired) electrons. The topological polar surface area (TPSA) is 94.1 Å². The van der Waals surface area contributed by atoms with Gasteiger partial charge in [-0.15, -0.1) is 5.10 Å². The van der Waals surface area contributed by atoms with Gasteiger partial charge in [0, 0.05) is 6.54 Å². The van der Waals surface area contributed by atoms with E-state index in [1.807, 2.05) is 4.68 Å². The number of aromatic nitrogens is 3. The van der Waals surface area contributed by atoms with Crippen LogP contribution in [0, 0.1) is 0 Å². The molecule has 22 heavy (non-hydrogen) atoms. The van der Waals surface area contributed by atoms with E-state index in [-0.39, 0.29) is 5.91 Å². The number of nitrogens with zero attached hydrogens (tertiary/aromatic N) is 4. The Hall–Kier alpha value is -1.92. The van der Waals surface area contributed by atoms with Gasteiger partial charge < -0.3 is 10.6 Å². The molecule has 7 heteroatoms. The van der Waals surface area contributed by atoms with Crippen molar-refractivity contribution in [1.82, 2.24) is 19.9 Å². The maximum absolute atomic E-state index is 12.5. The van der Waals surface area contributed by atoms with Crippen LogP contribution >= 0.6 is 0 Å². The fourth-order valence-electron chi connectivity index (χ4n) is 3.53. The third-order valence-corrected chi connectivity index (χ3v) is 4.77. The lowest BCUT2D eigenvalue weighted by Gasteiger charge is -2.20. The van der Waals surface area contributed by atoms with E-state index in [4.69, 9.17) is 5.73 Å². The maximum Gasteiger partial charge on any atom is 0.276 e. The minimum absolute atomic E-state index is 0.235. The zero-order valence-electron chi connectivity index (χ0n) is 12.8. The average molecular weight is 305 g/mol. The molecule has 1 aromatic heterocycles. The van der Waals surface area contributed by atoms with Crippen molar-refractivity contribution in [1.29, 1.82) is 0 Å². The Kier molecular flexibility index (Phi) is 4.40. The van der Waals surface area contributed by atoms with Gasteiger partial charge in [-0.1, -0.05) is 30.9 Å².